The molecule has 3 rings (SSSR count). The average Bonchev–Trinajstić information content (AvgIpc) is 2.75. The van der Waals surface area contributed by atoms with E-state index in [9.17, 15) is 9.50 Å². The van der Waals surface area contributed by atoms with Crippen molar-refractivity contribution in [2.75, 3.05) is 58.5 Å². The van der Waals surface area contributed by atoms with Gasteiger partial charge in [0, 0.05) is 38.4 Å². The summed E-state index contributed by atoms with van der Waals surface area (Å²) in [6, 6.07) is 12.2. The van der Waals surface area contributed by atoms with Crippen LogP contribution in [0.2, 0.25) is 0 Å². The Balaban J connectivity index is 1.38. The third kappa shape index (κ3) is 6.06. The van der Waals surface area contributed by atoms with Crippen molar-refractivity contribution < 1.29 is 23.7 Å². The molecule has 1 atom stereocenters. The fraction of sp³-hybridized carbons (Fsp3) is 0.455. The van der Waals surface area contributed by atoms with Crippen molar-refractivity contribution in [3.63, 3.8) is 0 Å². The van der Waals surface area contributed by atoms with E-state index in [2.05, 4.69) is 9.80 Å². The maximum absolute atomic E-state index is 13.1. The number of methoxy groups -OCH3 is 2. The fourth-order valence-electron chi connectivity index (χ4n) is 3.47. The Morgan fingerprint density at radius 3 is 2.31 bits per heavy atom. The van der Waals surface area contributed by atoms with Gasteiger partial charge in [-0.25, -0.2) is 4.39 Å². The molecular weight excluding hydrogens is 375 g/mol. The molecule has 1 fully saturated rings. The maximum atomic E-state index is 13.1. The third-order valence-electron chi connectivity index (χ3n) is 5.06. The van der Waals surface area contributed by atoms with Crippen molar-refractivity contribution >= 4 is 5.69 Å². The van der Waals surface area contributed by atoms with E-state index in [-0.39, 0.29) is 12.4 Å². The number of piperazine rings is 1. The van der Waals surface area contributed by atoms with E-state index >= 15 is 0 Å². The van der Waals surface area contributed by atoms with Gasteiger partial charge in [-0.15, -0.1) is 0 Å². The van der Waals surface area contributed by atoms with Crippen LogP contribution in [0, 0.1) is 5.82 Å². The van der Waals surface area contributed by atoms with Crippen molar-refractivity contribution in [3.05, 3.63) is 53.8 Å². The lowest BCUT2D eigenvalue weighted by Gasteiger charge is -2.36. The molecule has 1 aliphatic rings. The van der Waals surface area contributed by atoms with Gasteiger partial charge in [-0.1, -0.05) is 6.07 Å². The van der Waals surface area contributed by atoms with Crippen molar-refractivity contribution in [3.8, 4) is 11.5 Å². The number of benzene rings is 2. The average molecular weight is 404 g/mol. The van der Waals surface area contributed by atoms with Gasteiger partial charge in [-0.3, -0.25) is 4.90 Å². The molecule has 2 aromatic carbocycles. The summed E-state index contributed by atoms with van der Waals surface area (Å²) in [5, 5.41) is 10.3. The highest BCUT2D eigenvalue weighted by atomic mass is 19.1. The standard InChI is InChI=1S/C22H29FN2O4/c1-27-21-8-3-17(13-22(21)28-2)15-29-16-20(26)14-24-9-11-25(12-10-24)19-6-4-18(23)5-7-19/h3-8,13,20,26H,9-12,14-16H2,1-2H3/t20-/m0/s1. The Bertz CT molecular complexity index is 764. The Kier molecular flexibility index (Phi) is 7.69. The zero-order valence-electron chi connectivity index (χ0n) is 17.0. The number of rotatable bonds is 9. The smallest absolute Gasteiger partial charge is 0.161 e. The van der Waals surface area contributed by atoms with Crippen LogP contribution in [-0.2, 0) is 11.3 Å². The summed E-state index contributed by atoms with van der Waals surface area (Å²) in [6.07, 6.45) is -0.549. The number of hydrogen-bond acceptors (Lipinski definition) is 6. The first-order chi connectivity index (χ1) is 14.1. The maximum Gasteiger partial charge on any atom is 0.161 e. The predicted octanol–water partition coefficient (Wildman–Crippen LogP) is 2.54. The molecule has 7 heteroatoms. The van der Waals surface area contributed by atoms with Crippen molar-refractivity contribution in [1.82, 2.24) is 4.90 Å². The predicted molar refractivity (Wildman–Crippen MR) is 110 cm³/mol. The zero-order valence-corrected chi connectivity index (χ0v) is 17.0. The van der Waals surface area contributed by atoms with Gasteiger partial charge in [0.1, 0.15) is 5.82 Å². The van der Waals surface area contributed by atoms with E-state index < -0.39 is 6.10 Å². The lowest BCUT2D eigenvalue weighted by atomic mass is 10.2. The second-order valence-corrected chi connectivity index (χ2v) is 7.12. The molecule has 1 heterocycles. The Morgan fingerprint density at radius 1 is 0.966 bits per heavy atom. The zero-order chi connectivity index (χ0) is 20.6. The van der Waals surface area contributed by atoms with Gasteiger partial charge in [0.15, 0.2) is 11.5 Å². The molecule has 29 heavy (non-hydrogen) atoms. The molecule has 1 aliphatic heterocycles. The number of halogens is 1. The number of aliphatic hydroxyl groups is 1. The SMILES string of the molecule is COc1ccc(COC[C@@H](O)CN2CCN(c3ccc(F)cc3)CC2)cc1OC. The first-order valence-corrected chi connectivity index (χ1v) is 9.78. The van der Waals surface area contributed by atoms with Crippen LogP contribution in [0.15, 0.2) is 42.5 Å². The molecule has 0 aromatic heterocycles. The van der Waals surface area contributed by atoms with Gasteiger partial charge in [0.25, 0.3) is 0 Å². The second kappa shape index (κ2) is 10.4. The number of nitrogens with zero attached hydrogens (tertiary/aromatic N) is 2. The summed E-state index contributed by atoms with van der Waals surface area (Å²) in [4.78, 5) is 4.46. The number of hydrogen-bond donors (Lipinski definition) is 1. The highest BCUT2D eigenvalue weighted by Gasteiger charge is 2.19. The van der Waals surface area contributed by atoms with Crippen molar-refractivity contribution in [1.29, 1.82) is 0 Å². The van der Waals surface area contributed by atoms with E-state index in [1.165, 1.54) is 12.1 Å². The first-order valence-electron chi connectivity index (χ1n) is 9.78. The quantitative estimate of drug-likeness (QED) is 0.693. The molecule has 0 amide bonds. The molecule has 0 unspecified atom stereocenters. The van der Waals surface area contributed by atoms with Crippen LogP contribution in [-0.4, -0.2) is 69.7 Å². The number of ether oxygens (including phenoxy) is 3. The van der Waals surface area contributed by atoms with E-state index in [1.54, 1.807) is 14.2 Å². The number of β-amino-alcohol motifs (C(OH)–C–C–N with tert-alkyl or cyclic N) is 1. The molecule has 2 aromatic rings. The normalized spacial score (nSPS) is 15.9. The van der Waals surface area contributed by atoms with E-state index in [0.29, 0.717) is 24.7 Å². The lowest BCUT2D eigenvalue weighted by molar-refractivity contribution is 0.00909. The molecule has 1 saturated heterocycles. The second-order valence-electron chi connectivity index (χ2n) is 7.12. The van der Waals surface area contributed by atoms with Crippen LogP contribution in [0.4, 0.5) is 10.1 Å². The van der Waals surface area contributed by atoms with Crippen molar-refractivity contribution in [2.45, 2.75) is 12.7 Å². The summed E-state index contributed by atoms with van der Waals surface area (Å²) >= 11 is 0. The highest BCUT2D eigenvalue weighted by molar-refractivity contribution is 5.46. The summed E-state index contributed by atoms with van der Waals surface area (Å²) in [6.45, 7) is 4.65. The van der Waals surface area contributed by atoms with Crippen LogP contribution in [0.3, 0.4) is 0 Å². The third-order valence-corrected chi connectivity index (χ3v) is 5.06. The van der Waals surface area contributed by atoms with Crippen molar-refractivity contribution in [2.24, 2.45) is 0 Å². The summed E-state index contributed by atoms with van der Waals surface area (Å²) < 4.78 is 29.3. The Labute approximate surface area is 171 Å². The molecular formula is C22H29FN2O4. The van der Waals surface area contributed by atoms with Gasteiger partial charge >= 0.3 is 0 Å². The van der Waals surface area contributed by atoms with E-state index in [4.69, 9.17) is 14.2 Å². The van der Waals surface area contributed by atoms with Crippen LogP contribution < -0.4 is 14.4 Å². The first kappa shape index (κ1) is 21.4. The molecule has 0 radical (unpaired) electrons. The van der Waals surface area contributed by atoms with Crippen LogP contribution in [0.25, 0.3) is 0 Å². The van der Waals surface area contributed by atoms with Crippen LogP contribution in [0.5, 0.6) is 11.5 Å². The molecule has 1 N–H and O–H groups in total. The molecule has 6 nitrogen and oxygen atoms in total. The van der Waals surface area contributed by atoms with E-state index in [1.807, 2.05) is 30.3 Å². The minimum Gasteiger partial charge on any atom is -0.493 e. The summed E-state index contributed by atoms with van der Waals surface area (Å²) in [5.41, 5.74) is 1.99. The number of aliphatic hydroxyl groups excluding tert-OH is 1. The summed E-state index contributed by atoms with van der Waals surface area (Å²) in [5.74, 6) is 1.12. The van der Waals surface area contributed by atoms with E-state index in [0.717, 1.165) is 37.4 Å². The minimum absolute atomic E-state index is 0.219. The van der Waals surface area contributed by atoms with Crippen LogP contribution >= 0.6 is 0 Å². The van der Waals surface area contributed by atoms with Gasteiger partial charge in [-0.05, 0) is 42.0 Å². The van der Waals surface area contributed by atoms with Crippen LogP contribution in [0.1, 0.15) is 5.56 Å². The minimum atomic E-state index is -0.549. The van der Waals surface area contributed by atoms with Gasteiger partial charge in [-0.2, -0.15) is 0 Å². The van der Waals surface area contributed by atoms with Gasteiger partial charge < -0.3 is 24.2 Å². The molecule has 0 aliphatic carbocycles. The largest absolute Gasteiger partial charge is 0.493 e. The topological polar surface area (TPSA) is 54.4 Å². The van der Waals surface area contributed by atoms with Gasteiger partial charge in [0.05, 0.1) is 33.5 Å². The monoisotopic (exact) mass is 404 g/mol. The molecule has 0 bridgehead atoms. The summed E-state index contributed by atoms with van der Waals surface area (Å²) in [7, 11) is 3.20. The Morgan fingerprint density at radius 2 is 1.66 bits per heavy atom. The highest BCUT2D eigenvalue weighted by Crippen LogP contribution is 2.27. The number of anilines is 1. The lowest BCUT2D eigenvalue weighted by Crippen LogP contribution is -2.49. The molecule has 0 saturated carbocycles. The Hall–Kier alpha value is -2.35. The fourth-order valence-corrected chi connectivity index (χ4v) is 3.47. The molecule has 0 spiro atoms. The molecule has 158 valence electrons. The van der Waals surface area contributed by atoms with Gasteiger partial charge in [0.2, 0.25) is 0 Å².